The van der Waals surface area contributed by atoms with E-state index in [1.54, 1.807) is 0 Å². The van der Waals surface area contributed by atoms with E-state index in [9.17, 15) is 4.79 Å². The van der Waals surface area contributed by atoms with Crippen LogP contribution in [-0.4, -0.2) is 36.0 Å². The third-order valence-corrected chi connectivity index (χ3v) is 8.01. The lowest BCUT2D eigenvalue weighted by Gasteiger charge is -2.45. The first-order chi connectivity index (χ1) is 17.1. The Kier molecular flexibility index (Phi) is 7.34. The van der Waals surface area contributed by atoms with Crippen LogP contribution in [0.3, 0.4) is 0 Å². The van der Waals surface area contributed by atoms with Gasteiger partial charge in [-0.05, 0) is 86.4 Å². The van der Waals surface area contributed by atoms with Crippen LogP contribution in [0.25, 0.3) is 0 Å². The molecule has 5 rings (SSSR count). The van der Waals surface area contributed by atoms with Gasteiger partial charge in [-0.15, -0.1) is 0 Å². The smallest absolute Gasteiger partial charge is 0.258 e. The van der Waals surface area contributed by atoms with Crippen LogP contribution >= 0.6 is 0 Å². The molecule has 1 aliphatic heterocycles. The second-order valence-corrected chi connectivity index (χ2v) is 10.5. The number of hydrogen-bond donors (Lipinski definition) is 0. The molecule has 1 aliphatic carbocycles. The highest BCUT2D eigenvalue weighted by Crippen LogP contribution is 2.38. The summed E-state index contributed by atoms with van der Waals surface area (Å²) in [6.07, 6.45) is 7.27. The Hall–Kier alpha value is -2.91. The molecule has 1 saturated carbocycles. The van der Waals surface area contributed by atoms with Crippen LogP contribution in [0, 0.1) is 13.8 Å². The van der Waals surface area contributed by atoms with Crippen molar-refractivity contribution in [3.63, 3.8) is 0 Å². The quantitative estimate of drug-likeness (QED) is 0.399. The maximum atomic E-state index is 13.8. The van der Waals surface area contributed by atoms with E-state index in [0.29, 0.717) is 12.0 Å². The summed E-state index contributed by atoms with van der Waals surface area (Å²) in [5.74, 6) is 0.747. The first-order valence-corrected chi connectivity index (χ1v) is 13.4. The molecule has 2 aliphatic rings. The molecule has 35 heavy (non-hydrogen) atoms. The number of aryl methyl sites for hydroxylation is 2. The van der Waals surface area contributed by atoms with Crippen LogP contribution in [0.2, 0.25) is 0 Å². The normalized spacial score (nSPS) is 21.5. The highest BCUT2D eigenvalue weighted by atomic mass is 16.2. The van der Waals surface area contributed by atoms with Gasteiger partial charge in [0.05, 0.1) is 0 Å². The summed E-state index contributed by atoms with van der Waals surface area (Å²) < 4.78 is 0. The van der Waals surface area contributed by atoms with Gasteiger partial charge in [-0.2, -0.15) is 0 Å². The minimum atomic E-state index is 0.119. The Labute approximate surface area is 210 Å². The summed E-state index contributed by atoms with van der Waals surface area (Å²) in [6, 6.07) is 28.3. The lowest BCUT2D eigenvalue weighted by Crippen LogP contribution is -2.51. The molecular weight excluding hydrogens is 428 g/mol. The molecule has 0 unspecified atom stereocenters. The molecule has 0 N–H and O–H groups in total. The molecule has 3 aromatic carbocycles. The fraction of sp³-hybridized carbons (Fsp3) is 0.406. The van der Waals surface area contributed by atoms with Crippen molar-refractivity contribution in [3.8, 4) is 0 Å². The molecule has 1 saturated heterocycles. The lowest BCUT2D eigenvalue weighted by molar-refractivity contribution is 0.0895. The SMILES string of the molecule is Cc1cc(C)cc(N(C(=O)c2ccccc2)C2CCN([C@@H]3CCCC[C@@H]3c3ccccc3)CC2)c1. The molecule has 1 heterocycles. The van der Waals surface area contributed by atoms with Gasteiger partial charge in [0, 0.05) is 36.4 Å². The van der Waals surface area contributed by atoms with E-state index < -0.39 is 0 Å². The molecule has 0 bridgehead atoms. The van der Waals surface area contributed by atoms with E-state index in [-0.39, 0.29) is 11.9 Å². The predicted molar refractivity (Wildman–Crippen MR) is 145 cm³/mol. The maximum absolute atomic E-state index is 13.8. The molecule has 3 heteroatoms. The van der Waals surface area contributed by atoms with Gasteiger partial charge in [-0.3, -0.25) is 9.69 Å². The highest BCUT2D eigenvalue weighted by molar-refractivity contribution is 6.06. The summed E-state index contributed by atoms with van der Waals surface area (Å²) in [5.41, 5.74) is 5.71. The van der Waals surface area contributed by atoms with Crippen LogP contribution in [0.15, 0.2) is 78.9 Å². The summed E-state index contributed by atoms with van der Waals surface area (Å²) in [4.78, 5) is 18.6. The standard InChI is InChI=1S/C32H38N2O/c1-24-21-25(2)23-29(22-24)34(32(35)27-13-7-4-8-14-27)28-17-19-33(20-18-28)31-16-10-9-15-30(31)26-11-5-3-6-12-26/h3-8,11-14,21-23,28,30-31H,9-10,15-20H2,1-2H3/t30-,31-/m1/s1. The summed E-state index contributed by atoms with van der Waals surface area (Å²) in [5, 5.41) is 0. The van der Waals surface area contributed by atoms with Crippen molar-refractivity contribution in [2.75, 3.05) is 18.0 Å². The molecule has 0 spiro atoms. The lowest BCUT2D eigenvalue weighted by atomic mass is 9.78. The molecule has 0 aromatic heterocycles. The van der Waals surface area contributed by atoms with Crippen molar-refractivity contribution < 1.29 is 4.79 Å². The van der Waals surface area contributed by atoms with Crippen LogP contribution < -0.4 is 4.90 Å². The molecular formula is C32H38N2O. The van der Waals surface area contributed by atoms with Crippen molar-refractivity contribution in [3.05, 3.63) is 101 Å². The van der Waals surface area contributed by atoms with E-state index in [2.05, 4.69) is 72.2 Å². The average Bonchev–Trinajstić information content (AvgIpc) is 2.90. The highest BCUT2D eigenvalue weighted by Gasteiger charge is 2.36. The fourth-order valence-corrected chi connectivity index (χ4v) is 6.42. The van der Waals surface area contributed by atoms with Gasteiger partial charge in [0.2, 0.25) is 0 Å². The van der Waals surface area contributed by atoms with Gasteiger partial charge >= 0.3 is 0 Å². The molecule has 1 amide bonds. The van der Waals surface area contributed by atoms with Gasteiger partial charge in [0.25, 0.3) is 5.91 Å². The largest absolute Gasteiger partial charge is 0.305 e. The van der Waals surface area contributed by atoms with Gasteiger partial charge in [0.1, 0.15) is 0 Å². The molecule has 2 fully saturated rings. The number of likely N-dealkylation sites (tertiary alicyclic amines) is 1. The summed E-state index contributed by atoms with van der Waals surface area (Å²) in [7, 11) is 0. The van der Waals surface area contributed by atoms with E-state index in [1.807, 2.05) is 30.3 Å². The Balaban J connectivity index is 1.37. The second kappa shape index (κ2) is 10.8. The van der Waals surface area contributed by atoms with Crippen LogP contribution in [0.4, 0.5) is 5.69 Å². The second-order valence-electron chi connectivity index (χ2n) is 10.5. The summed E-state index contributed by atoms with van der Waals surface area (Å²) in [6.45, 7) is 6.36. The number of anilines is 1. The number of hydrogen-bond acceptors (Lipinski definition) is 2. The third-order valence-electron chi connectivity index (χ3n) is 8.01. The predicted octanol–water partition coefficient (Wildman–Crippen LogP) is 7.14. The fourth-order valence-electron chi connectivity index (χ4n) is 6.42. The van der Waals surface area contributed by atoms with Gasteiger partial charge in [0.15, 0.2) is 0 Å². The number of carbonyl (C=O) groups excluding carboxylic acids is 1. The van der Waals surface area contributed by atoms with E-state index >= 15 is 0 Å². The Morgan fingerprint density at radius 1 is 0.771 bits per heavy atom. The minimum absolute atomic E-state index is 0.119. The van der Waals surface area contributed by atoms with E-state index in [1.165, 1.54) is 42.4 Å². The Bertz CT molecular complexity index is 1100. The van der Waals surface area contributed by atoms with Crippen molar-refractivity contribution in [1.29, 1.82) is 0 Å². The van der Waals surface area contributed by atoms with Gasteiger partial charge in [-0.1, -0.05) is 67.4 Å². The first-order valence-electron chi connectivity index (χ1n) is 13.4. The van der Waals surface area contributed by atoms with Crippen LogP contribution in [0.1, 0.15) is 71.5 Å². The first kappa shape index (κ1) is 23.8. The molecule has 2 atom stereocenters. The van der Waals surface area contributed by atoms with Crippen LogP contribution in [0.5, 0.6) is 0 Å². The Morgan fingerprint density at radius 2 is 1.37 bits per heavy atom. The van der Waals surface area contributed by atoms with Crippen molar-refractivity contribution >= 4 is 11.6 Å². The monoisotopic (exact) mass is 466 g/mol. The topological polar surface area (TPSA) is 23.6 Å². The average molecular weight is 467 g/mol. The summed E-state index contributed by atoms with van der Waals surface area (Å²) >= 11 is 0. The van der Waals surface area contributed by atoms with Crippen molar-refractivity contribution in [2.45, 2.75) is 70.4 Å². The third kappa shape index (κ3) is 5.36. The number of piperidine rings is 1. The van der Waals surface area contributed by atoms with E-state index in [0.717, 1.165) is 37.2 Å². The number of rotatable bonds is 5. The Morgan fingerprint density at radius 3 is 2.03 bits per heavy atom. The number of carbonyl (C=O) groups is 1. The maximum Gasteiger partial charge on any atom is 0.258 e. The molecule has 3 aromatic rings. The van der Waals surface area contributed by atoms with Gasteiger partial charge < -0.3 is 4.90 Å². The van der Waals surface area contributed by atoms with Gasteiger partial charge in [-0.25, -0.2) is 0 Å². The number of nitrogens with zero attached hydrogens (tertiary/aromatic N) is 2. The zero-order valence-electron chi connectivity index (χ0n) is 21.2. The van der Waals surface area contributed by atoms with Crippen molar-refractivity contribution in [1.82, 2.24) is 4.90 Å². The zero-order valence-corrected chi connectivity index (χ0v) is 21.2. The minimum Gasteiger partial charge on any atom is -0.305 e. The van der Waals surface area contributed by atoms with E-state index in [4.69, 9.17) is 0 Å². The van der Waals surface area contributed by atoms with Crippen LogP contribution in [-0.2, 0) is 0 Å². The molecule has 3 nitrogen and oxygen atoms in total. The zero-order chi connectivity index (χ0) is 24.2. The molecule has 0 radical (unpaired) electrons. The van der Waals surface area contributed by atoms with Crippen molar-refractivity contribution in [2.24, 2.45) is 0 Å². The molecule has 182 valence electrons. The number of benzene rings is 3. The number of amides is 1.